The van der Waals surface area contributed by atoms with Gasteiger partial charge in [-0.1, -0.05) is 13.8 Å². The first-order valence-electron chi connectivity index (χ1n) is 5.11. The summed E-state index contributed by atoms with van der Waals surface area (Å²) in [6, 6.07) is 0.120. The van der Waals surface area contributed by atoms with E-state index in [9.17, 15) is 18.0 Å². The molecule has 0 fully saturated rings. The zero-order valence-corrected chi connectivity index (χ0v) is 9.75. The third-order valence-electron chi connectivity index (χ3n) is 2.33. The number of rotatable bonds is 3. The number of amides is 1. The molecule has 0 aliphatic heterocycles. The average molecular weight is 249 g/mol. The normalized spacial score (nSPS) is 13.8. The van der Waals surface area contributed by atoms with Crippen molar-refractivity contribution < 1.29 is 18.0 Å². The summed E-state index contributed by atoms with van der Waals surface area (Å²) >= 11 is 0. The lowest BCUT2D eigenvalue weighted by Crippen LogP contribution is -2.33. The Morgan fingerprint density at radius 2 is 2.06 bits per heavy atom. The van der Waals surface area contributed by atoms with Gasteiger partial charge in [-0.2, -0.15) is 18.3 Å². The van der Waals surface area contributed by atoms with Crippen molar-refractivity contribution >= 4 is 5.91 Å². The number of halogens is 3. The molecule has 0 aromatic carbocycles. The predicted octanol–water partition coefficient (Wildman–Crippen LogP) is 1.84. The second-order valence-corrected chi connectivity index (χ2v) is 3.98. The maximum absolute atomic E-state index is 12.4. The van der Waals surface area contributed by atoms with Gasteiger partial charge in [-0.05, 0) is 12.0 Å². The molecule has 0 saturated heterocycles. The third-order valence-corrected chi connectivity index (χ3v) is 2.33. The summed E-state index contributed by atoms with van der Waals surface area (Å²) in [5.41, 5.74) is -0.993. The second-order valence-electron chi connectivity index (χ2n) is 3.98. The fraction of sp³-hybridized carbons (Fsp3) is 0.600. The Labute approximate surface area is 96.8 Å². The molecule has 1 amide bonds. The molecule has 0 aliphatic carbocycles. The number of carbonyl (C=O) groups is 1. The molecule has 1 rings (SSSR count). The quantitative estimate of drug-likeness (QED) is 0.888. The highest BCUT2D eigenvalue weighted by Crippen LogP contribution is 2.28. The highest BCUT2D eigenvalue weighted by molar-refractivity contribution is 5.80. The minimum absolute atomic E-state index is 0.157. The van der Waals surface area contributed by atoms with Gasteiger partial charge in [0.05, 0.1) is 0 Å². The van der Waals surface area contributed by atoms with Crippen LogP contribution in [0.4, 0.5) is 13.2 Å². The first kappa shape index (κ1) is 13.5. The summed E-state index contributed by atoms with van der Waals surface area (Å²) in [6.07, 6.45) is -3.32. The Morgan fingerprint density at radius 1 is 1.47 bits per heavy atom. The molecule has 4 nitrogen and oxygen atoms in total. The van der Waals surface area contributed by atoms with Crippen LogP contribution in [-0.4, -0.2) is 22.7 Å². The molecule has 0 bridgehead atoms. The zero-order chi connectivity index (χ0) is 13.2. The molecular weight excluding hydrogens is 235 g/mol. The van der Waals surface area contributed by atoms with Crippen molar-refractivity contribution in [1.82, 2.24) is 15.1 Å². The van der Waals surface area contributed by atoms with Crippen molar-refractivity contribution in [3.05, 3.63) is 18.0 Å². The monoisotopic (exact) mass is 249 g/mol. The number of likely N-dealkylation sites (N-methyl/N-ethyl adjacent to an activating group) is 1. The first-order chi connectivity index (χ1) is 7.77. The molecule has 0 spiro atoms. The molecule has 1 N–H and O–H groups in total. The lowest BCUT2D eigenvalue weighted by Gasteiger charge is -2.19. The number of alkyl halides is 3. The van der Waals surface area contributed by atoms with Gasteiger partial charge in [0, 0.05) is 13.2 Å². The van der Waals surface area contributed by atoms with E-state index in [1.54, 1.807) is 13.8 Å². The maximum atomic E-state index is 12.4. The zero-order valence-electron chi connectivity index (χ0n) is 9.75. The van der Waals surface area contributed by atoms with E-state index in [-0.39, 0.29) is 11.8 Å². The molecule has 1 unspecified atom stereocenters. The van der Waals surface area contributed by atoms with Crippen LogP contribution >= 0.6 is 0 Å². The second kappa shape index (κ2) is 4.77. The van der Waals surface area contributed by atoms with E-state index < -0.39 is 17.9 Å². The van der Waals surface area contributed by atoms with Crippen LogP contribution in [0.15, 0.2) is 12.3 Å². The molecule has 1 aromatic heterocycles. The van der Waals surface area contributed by atoms with Crippen molar-refractivity contribution in [2.24, 2.45) is 5.92 Å². The SMILES string of the molecule is CNC(=O)C(C(C)C)n1ccc(C(F)(F)F)n1. The van der Waals surface area contributed by atoms with E-state index in [0.717, 1.165) is 10.7 Å². The molecule has 0 radical (unpaired) electrons. The van der Waals surface area contributed by atoms with Gasteiger partial charge in [0.2, 0.25) is 5.91 Å². The molecule has 0 saturated carbocycles. The molecule has 1 heterocycles. The van der Waals surface area contributed by atoms with Crippen LogP contribution in [0.3, 0.4) is 0 Å². The molecule has 96 valence electrons. The summed E-state index contributed by atoms with van der Waals surface area (Å²) in [7, 11) is 1.44. The fourth-order valence-electron chi connectivity index (χ4n) is 1.52. The summed E-state index contributed by atoms with van der Waals surface area (Å²) < 4.78 is 38.2. The summed E-state index contributed by atoms with van der Waals surface area (Å²) in [5, 5.41) is 5.81. The number of nitrogens with one attached hydrogen (secondary N) is 1. The summed E-state index contributed by atoms with van der Waals surface area (Å²) in [4.78, 5) is 11.6. The van der Waals surface area contributed by atoms with Crippen molar-refractivity contribution in [2.75, 3.05) is 7.05 Å². The van der Waals surface area contributed by atoms with Gasteiger partial charge in [-0.15, -0.1) is 0 Å². The molecular formula is C10H14F3N3O. The van der Waals surface area contributed by atoms with Crippen LogP contribution < -0.4 is 5.32 Å². The van der Waals surface area contributed by atoms with Gasteiger partial charge >= 0.3 is 6.18 Å². The minimum atomic E-state index is -4.49. The Kier molecular flexibility index (Phi) is 3.79. The Morgan fingerprint density at radius 3 is 2.41 bits per heavy atom. The van der Waals surface area contributed by atoms with Gasteiger partial charge in [0.25, 0.3) is 0 Å². The number of hydrogen-bond donors (Lipinski definition) is 1. The molecule has 7 heteroatoms. The summed E-state index contributed by atoms with van der Waals surface area (Å²) in [5.74, 6) is -0.521. The van der Waals surface area contributed by atoms with Crippen LogP contribution in [0, 0.1) is 5.92 Å². The van der Waals surface area contributed by atoms with Gasteiger partial charge in [-0.25, -0.2) is 0 Å². The number of aromatic nitrogens is 2. The van der Waals surface area contributed by atoms with E-state index in [1.807, 2.05) is 0 Å². The Bertz CT molecular complexity index is 398. The van der Waals surface area contributed by atoms with Gasteiger partial charge in [0.15, 0.2) is 5.69 Å². The molecule has 1 aromatic rings. The fourth-order valence-corrected chi connectivity index (χ4v) is 1.52. The minimum Gasteiger partial charge on any atom is -0.357 e. The standard InChI is InChI=1S/C10H14F3N3O/c1-6(2)8(9(17)14-3)16-5-4-7(15-16)10(11,12)13/h4-6,8H,1-3H3,(H,14,17). The van der Waals surface area contributed by atoms with Crippen molar-refractivity contribution in [3.8, 4) is 0 Å². The topological polar surface area (TPSA) is 46.9 Å². The molecule has 0 aliphatic rings. The summed E-state index contributed by atoms with van der Waals surface area (Å²) in [6.45, 7) is 3.49. The van der Waals surface area contributed by atoms with Gasteiger partial charge < -0.3 is 5.32 Å². The van der Waals surface area contributed by atoms with Crippen LogP contribution in [0.2, 0.25) is 0 Å². The smallest absolute Gasteiger partial charge is 0.357 e. The van der Waals surface area contributed by atoms with Crippen LogP contribution in [-0.2, 0) is 11.0 Å². The van der Waals surface area contributed by atoms with E-state index in [1.165, 1.54) is 13.2 Å². The lowest BCUT2D eigenvalue weighted by molar-refractivity contribution is -0.142. The number of hydrogen-bond acceptors (Lipinski definition) is 2. The van der Waals surface area contributed by atoms with Gasteiger partial charge in [-0.3, -0.25) is 9.48 Å². The lowest BCUT2D eigenvalue weighted by atomic mass is 10.0. The Balaban J connectivity index is 3.05. The highest BCUT2D eigenvalue weighted by atomic mass is 19.4. The van der Waals surface area contributed by atoms with E-state index in [2.05, 4.69) is 10.4 Å². The van der Waals surface area contributed by atoms with Crippen molar-refractivity contribution in [2.45, 2.75) is 26.1 Å². The number of nitrogens with zero attached hydrogens (tertiary/aromatic N) is 2. The highest BCUT2D eigenvalue weighted by Gasteiger charge is 2.35. The largest absolute Gasteiger partial charge is 0.435 e. The predicted molar refractivity (Wildman–Crippen MR) is 55.2 cm³/mol. The van der Waals surface area contributed by atoms with Crippen LogP contribution in [0.25, 0.3) is 0 Å². The van der Waals surface area contributed by atoms with Gasteiger partial charge in [0.1, 0.15) is 6.04 Å². The van der Waals surface area contributed by atoms with Crippen molar-refractivity contribution in [3.63, 3.8) is 0 Å². The van der Waals surface area contributed by atoms with E-state index in [4.69, 9.17) is 0 Å². The van der Waals surface area contributed by atoms with Crippen LogP contribution in [0.1, 0.15) is 25.6 Å². The number of carbonyl (C=O) groups excluding carboxylic acids is 1. The van der Waals surface area contributed by atoms with Crippen molar-refractivity contribution in [1.29, 1.82) is 0 Å². The van der Waals surface area contributed by atoms with E-state index in [0.29, 0.717) is 0 Å². The van der Waals surface area contributed by atoms with Crippen LogP contribution in [0.5, 0.6) is 0 Å². The first-order valence-corrected chi connectivity index (χ1v) is 5.11. The average Bonchev–Trinajstić information content (AvgIpc) is 2.65. The Hall–Kier alpha value is -1.53. The molecule has 1 atom stereocenters. The third kappa shape index (κ3) is 2.98. The van der Waals surface area contributed by atoms with E-state index >= 15 is 0 Å². The maximum Gasteiger partial charge on any atom is 0.435 e. The molecule has 17 heavy (non-hydrogen) atoms.